The van der Waals surface area contributed by atoms with Gasteiger partial charge < -0.3 is 14.4 Å². The van der Waals surface area contributed by atoms with Gasteiger partial charge in [-0.1, -0.05) is 11.8 Å². The van der Waals surface area contributed by atoms with Crippen LogP contribution in [0.3, 0.4) is 0 Å². The van der Waals surface area contributed by atoms with Gasteiger partial charge >= 0.3 is 5.97 Å². The van der Waals surface area contributed by atoms with Crippen LogP contribution in [-0.2, 0) is 11.3 Å². The molecule has 2 rings (SSSR count). The highest BCUT2D eigenvalue weighted by atomic mass is 79.9. The van der Waals surface area contributed by atoms with Crippen LogP contribution in [0.2, 0.25) is 0 Å². The minimum atomic E-state index is -0.876. The van der Waals surface area contributed by atoms with Gasteiger partial charge in [-0.3, -0.25) is 4.79 Å². The summed E-state index contributed by atoms with van der Waals surface area (Å²) in [5, 5.41) is 17.6. The summed E-state index contributed by atoms with van der Waals surface area (Å²) >= 11 is 4.60. The third-order valence-corrected chi connectivity index (χ3v) is 4.34. The number of ether oxygens (including phenoxy) is 1. The largest absolute Gasteiger partial charge is 0.496 e. The highest BCUT2D eigenvalue weighted by Gasteiger charge is 2.15. The Balaban J connectivity index is 2.35. The lowest BCUT2D eigenvalue weighted by atomic mass is 10.2. The lowest BCUT2D eigenvalue weighted by Gasteiger charge is -2.08. The molecule has 0 bridgehead atoms. The second-order valence-corrected chi connectivity index (χ2v) is 5.88. The van der Waals surface area contributed by atoms with Crippen LogP contribution in [0, 0.1) is 0 Å². The molecule has 0 saturated carbocycles. The van der Waals surface area contributed by atoms with Gasteiger partial charge in [-0.15, -0.1) is 10.2 Å². The summed E-state index contributed by atoms with van der Waals surface area (Å²) < 4.78 is 7.92. The second kappa shape index (κ2) is 6.95. The van der Waals surface area contributed by atoms with Crippen molar-refractivity contribution in [2.45, 2.75) is 18.6 Å². The van der Waals surface area contributed by atoms with Crippen molar-refractivity contribution in [3.8, 4) is 17.1 Å². The lowest BCUT2D eigenvalue weighted by molar-refractivity contribution is -0.133. The standard InChI is InChI=1S/C13H14BrN3O3S/c1-3-17-12(15-16-13(17)21-7-11(18)19)8-4-5-10(20-2)9(14)6-8/h4-6H,3,7H2,1-2H3,(H,18,19). The molecule has 0 aliphatic carbocycles. The molecule has 0 atom stereocenters. The first kappa shape index (κ1) is 15.8. The fourth-order valence-corrected chi connectivity index (χ4v) is 3.09. The Morgan fingerprint density at radius 1 is 1.48 bits per heavy atom. The van der Waals surface area contributed by atoms with E-state index >= 15 is 0 Å². The summed E-state index contributed by atoms with van der Waals surface area (Å²) in [6, 6.07) is 5.64. The Morgan fingerprint density at radius 2 is 2.24 bits per heavy atom. The zero-order valence-electron chi connectivity index (χ0n) is 11.5. The molecule has 0 unspecified atom stereocenters. The van der Waals surface area contributed by atoms with Crippen LogP contribution in [0.5, 0.6) is 5.75 Å². The first-order chi connectivity index (χ1) is 10.1. The van der Waals surface area contributed by atoms with Gasteiger partial charge in [0.15, 0.2) is 11.0 Å². The Kier molecular flexibility index (Phi) is 5.24. The molecule has 2 aromatic rings. The molecular formula is C13H14BrN3O3S. The van der Waals surface area contributed by atoms with Crippen molar-refractivity contribution in [2.24, 2.45) is 0 Å². The Bertz CT molecular complexity index is 660. The maximum absolute atomic E-state index is 10.7. The molecule has 1 aromatic heterocycles. The van der Waals surface area contributed by atoms with Crippen molar-refractivity contribution in [1.82, 2.24) is 14.8 Å². The van der Waals surface area contributed by atoms with Gasteiger partial charge in [-0.2, -0.15) is 0 Å². The predicted molar refractivity (Wildman–Crippen MR) is 83.7 cm³/mol. The van der Waals surface area contributed by atoms with Crippen LogP contribution < -0.4 is 4.74 Å². The van der Waals surface area contributed by atoms with Crippen molar-refractivity contribution in [1.29, 1.82) is 0 Å². The van der Waals surface area contributed by atoms with Crippen LogP contribution in [0.25, 0.3) is 11.4 Å². The van der Waals surface area contributed by atoms with E-state index in [0.717, 1.165) is 27.5 Å². The first-order valence-corrected chi connectivity index (χ1v) is 7.96. The number of aromatic nitrogens is 3. The van der Waals surface area contributed by atoms with Crippen LogP contribution in [0.1, 0.15) is 6.92 Å². The molecule has 0 aliphatic heterocycles. The van der Waals surface area contributed by atoms with E-state index < -0.39 is 5.97 Å². The number of nitrogens with zero attached hydrogens (tertiary/aromatic N) is 3. The Hall–Kier alpha value is -1.54. The van der Waals surface area contributed by atoms with Crippen LogP contribution in [0.15, 0.2) is 27.8 Å². The maximum atomic E-state index is 10.7. The van der Waals surface area contributed by atoms with E-state index in [2.05, 4.69) is 26.1 Å². The molecule has 21 heavy (non-hydrogen) atoms. The average Bonchev–Trinajstić information content (AvgIpc) is 2.87. The smallest absolute Gasteiger partial charge is 0.313 e. The molecule has 8 heteroatoms. The quantitative estimate of drug-likeness (QED) is 0.786. The number of aliphatic carboxylic acids is 1. The highest BCUT2D eigenvalue weighted by Crippen LogP contribution is 2.31. The van der Waals surface area contributed by atoms with Crippen LogP contribution in [-0.4, -0.2) is 38.7 Å². The molecule has 6 nitrogen and oxygen atoms in total. The number of methoxy groups -OCH3 is 1. The van der Waals surface area contributed by atoms with E-state index in [0.29, 0.717) is 17.5 Å². The van der Waals surface area contributed by atoms with Crippen molar-refractivity contribution in [3.63, 3.8) is 0 Å². The first-order valence-electron chi connectivity index (χ1n) is 6.18. The van der Waals surface area contributed by atoms with E-state index in [4.69, 9.17) is 9.84 Å². The highest BCUT2D eigenvalue weighted by molar-refractivity contribution is 9.10. The molecule has 1 aromatic carbocycles. The normalized spacial score (nSPS) is 10.6. The van der Waals surface area contributed by atoms with E-state index in [1.165, 1.54) is 0 Å². The summed E-state index contributed by atoms with van der Waals surface area (Å²) in [6.07, 6.45) is 0. The third-order valence-electron chi connectivity index (χ3n) is 2.77. The van der Waals surface area contributed by atoms with Gasteiger partial charge in [0, 0.05) is 12.1 Å². The van der Waals surface area contributed by atoms with E-state index in [1.807, 2.05) is 29.7 Å². The molecule has 1 heterocycles. The SMILES string of the molecule is CCn1c(SCC(=O)O)nnc1-c1ccc(OC)c(Br)c1. The summed E-state index contributed by atoms with van der Waals surface area (Å²) in [6.45, 7) is 2.63. The van der Waals surface area contributed by atoms with Crippen molar-refractivity contribution in [2.75, 3.05) is 12.9 Å². The summed E-state index contributed by atoms with van der Waals surface area (Å²) in [7, 11) is 1.61. The summed E-state index contributed by atoms with van der Waals surface area (Å²) in [5.74, 6) is 0.527. The van der Waals surface area contributed by atoms with Crippen molar-refractivity contribution >= 4 is 33.7 Å². The van der Waals surface area contributed by atoms with E-state index in [1.54, 1.807) is 7.11 Å². The molecule has 0 radical (unpaired) electrons. The van der Waals surface area contributed by atoms with Gasteiger partial charge in [0.05, 0.1) is 17.3 Å². The summed E-state index contributed by atoms with van der Waals surface area (Å²) in [4.78, 5) is 10.7. The van der Waals surface area contributed by atoms with E-state index in [9.17, 15) is 4.79 Å². The molecule has 0 saturated heterocycles. The van der Waals surface area contributed by atoms with Crippen LogP contribution in [0.4, 0.5) is 0 Å². The van der Waals surface area contributed by atoms with E-state index in [-0.39, 0.29) is 5.75 Å². The minimum Gasteiger partial charge on any atom is -0.496 e. The van der Waals surface area contributed by atoms with Crippen molar-refractivity contribution < 1.29 is 14.6 Å². The number of rotatable bonds is 6. The van der Waals surface area contributed by atoms with Crippen LogP contribution >= 0.6 is 27.7 Å². The summed E-state index contributed by atoms with van der Waals surface area (Å²) in [5.41, 5.74) is 0.888. The Morgan fingerprint density at radius 3 is 2.81 bits per heavy atom. The fraction of sp³-hybridized carbons (Fsp3) is 0.308. The molecule has 0 fully saturated rings. The number of carboxylic acid groups (broad SMARTS) is 1. The molecule has 0 spiro atoms. The lowest BCUT2D eigenvalue weighted by Crippen LogP contribution is -2.03. The third kappa shape index (κ3) is 3.56. The zero-order chi connectivity index (χ0) is 15.4. The number of carboxylic acids is 1. The minimum absolute atomic E-state index is 0.0373. The Labute approximate surface area is 134 Å². The number of benzene rings is 1. The average molecular weight is 372 g/mol. The number of hydrogen-bond acceptors (Lipinski definition) is 5. The van der Waals surface area contributed by atoms with Gasteiger partial charge in [-0.05, 0) is 41.1 Å². The van der Waals surface area contributed by atoms with Gasteiger partial charge in [-0.25, -0.2) is 0 Å². The monoisotopic (exact) mass is 371 g/mol. The molecule has 0 amide bonds. The zero-order valence-corrected chi connectivity index (χ0v) is 13.9. The molecule has 112 valence electrons. The molecular weight excluding hydrogens is 358 g/mol. The maximum Gasteiger partial charge on any atom is 0.313 e. The molecule has 1 N–H and O–H groups in total. The van der Waals surface area contributed by atoms with Gasteiger partial charge in [0.25, 0.3) is 0 Å². The topological polar surface area (TPSA) is 77.2 Å². The predicted octanol–water partition coefficient (Wildman–Crippen LogP) is 2.91. The number of halogens is 1. The number of thioether (sulfide) groups is 1. The van der Waals surface area contributed by atoms with Gasteiger partial charge in [0.2, 0.25) is 0 Å². The van der Waals surface area contributed by atoms with Gasteiger partial charge in [0.1, 0.15) is 5.75 Å². The number of hydrogen-bond donors (Lipinski definition) is 1. The fourth-order valence-electron chi connectivity index (χ4n) is 1.83. The molecule has 0 aliphatic rings. The van der Waals surface area contributed by atoms with Crippen molar-refractivity contribution in [3.05, 3.63) is 22.7 Å². The number of carbonyl (C=O) groups is 1. The second-order valence-electron chi connectivity index (χ2n) is 4.08.